The summed E-state index contributed by atoms with van der Waals surface area (Å²) in [5.74, 6) is 0.636. The average molecular weight is 264 g/mol. The SMILES string of the molecule is CC(C)(C)c1ncc(NC(=O)C2COCCN2)cn1. The highest BCUT2D eigenvalue weighted by Gasteiger charge is 2.22. The molecule has 0 saturated carbocycles. The summed E-state index contributed by atoms with van der Waals surface area (Å²) < 4.78 is 5.25. The molecule has 6 nitrogen and oxygen atoms in total. The first-order valence-electron chi connectivity index (χ1n) is 6.41. The Labute approximate surface area is 113 Å². The molecule has 1 aromatic heterocycles. The first-order chi connectivity index (χ1) is 8.97. The van der Waals surface area contributed by atoms with Crippen LogP contribution in [0.25, 0.3) is 0 Å². The Hall–Kier alpha value is -1.53. The predicted octanol–water partition coefficient (Wildman–Crippen LogP) is 0.701. The first-order valence-corrected chi connectivity index (χ1v) is 6.41. The molecule has 0 radical (unpaired) electrons. The zero-order valence-corrected chi connectivity index (χ0v) is 11.6. The summed E-state index contributed by atoms with van der Waals surface area (Å²) in [5, 5.41) is 5.88. The molecule has 1 unspecified atom stereocenters. The van der Waals surface area contributed by atoms with Crippen molar-refractivity contribution in [1.29, 1.82) is 0 Å². The van der Waals surface area contributed by atoms with Gasteiger partial charge in [0.05, 0.1) is 31.3 Å². The third kappa shape index (κ3) is 3.71. The number of nitrogens with zero attached hydrogens (tertiary/aromatic N) is 2. The van der Waals surface area contributed by atoms with Gasteiger partial charge in [-0.25, -0.2) is 9.97 Å². The lowest BCUT2D eigenvalue weighted by molar-refractivity contribution is -0.120. The van der Waals surface area contributed by atoms with Gasteiger partial charge in [0.2, 0.25) is 5.91 Å². The van der Waals surface area contributed by atoms with E-state index >= 15 is 0 Å². The lowest BCUT2D eigenvalue weighted by Crippen LogP contribution is -2.48. The number of nitrogens with one attached hydrogen (secondary N) is 2. The molecular formula is C13H20N4O2. The van der Waals surface area contributed by atoms with E-state index < -0.39 is 0 Å². The smallest absolute Gasteiger partial charge is 0.243 e. The Bertz CT molecular complexity index is 433. The van der Waals surface area contributed by atoms with Crippen LogP contribution in [0.5, 0.6) is 0 Å². The number of hydrogen-bond donors (Lipinski definition) is 2. The Balaban J connectivity index is 1.97. The van der Waals surface area contributed by atoms with Crippen LogP contribution in [-0.2, 0) is 14.9 Å². The van der Waals surface area contributed by atoms with Crippen LogP contribution >= 0.6 is 0 Å². The first kappa shape index (κ1) is 13.9. The van der Waals surface area contributed by atoms with Crippen molar-refractivity contribution in [3.8, 4) is 0 Å². The van der Waals surface area contributed by atoms with E-state index in [1.54, 1.807) is 12.4 Å². The lowest BCUT2D eigenvalue weighted by Gasteiger charge is -2.23. The van der Waals surface area contributed by atoms with Gasteiger partial charge in [0.15, 0.2) is 0 Å². The van der Waals surface area contributed by atoms with E-state index in [0.29, 0.717) is 25.4 Å². The summed E-state index contributed by atoms with van der Waals surface area (Å²) in [4.78, 5) is 20.5. The van der Waals surface area contributed by atoms with E-state index in [2.05, 4.69) is 20.6 Å². The number of carbonyl (C=O) groups is 1. The zero-order valence-electron chi connectivity index (χ0n) is 11.6. The second-order valence-electron chi connectivity index (χ2n) is 5.62. The number of ether oxygens (including phenoxy) is 1. The van der Waals surface area contributed by atoms with Crippen LogP contribution in [0.2, 0.25) is 0 Å². The quantitative estimate of drug-likeness (QED) is 0.822. The molecule has 1 aromatic rings. The van der Waals surface area contributed by atoms with Gasteiger partial charge in [-0.3, -0.25) is 4.79 Å². The van der Waals surface area contributed by atoms with E-state index in [1.807, 2.05) is 20.8 Å². The highest BCUT2D eigenvalue weighted by Crippen LogP contribution is 2.18. The number of aromatic nitrogens is 2. The molecule has 2 N–H and O–H groups in total. The van der Waals surface area contributed by atoms with Crippen molar-refractivity contribution in [2.75, 3.05) is 25.1 Å². The van der Waals surface area contributed by atoms with Crippen LogP contribution in [0.4, 0.5) is 5.69 Å². The van der Waals surface area contributed by atoms with E-state index in [1.165, 1.54) is 0 Å². The van der Waals surface area contributed by atoms with Gasteiger partial charge in [0, 0.05) is 12.0 Å². The molecule has 0 bridgehead atoms. The normalized spacial score (nSPS) is 20.1. The largest absolute Gasteiger partial charge is 0.378 e. The van der Waals surface area contributed by atoms with E-state index in [4.69, 9.17) is 4.74 Å². The summed E-state index contributed by atoms with van der Waals surface area (Å²) in [6.45, 7) is 7.87. The predicted molar refractivity (Wildman–Crippen MR) is 72.0 cm³/mol. The summed E-state index contributed by atoms with van der Waals surface area (Å²) in [7, 11) is 0. The molecule has 1 amide bonds. The van der Waals surface area contributed by atoms with Gasteiger partial charge in [-0.1, -0.05) is 20.8 Å². The second kappa shape index (κ2) is 5.63. The van der Waals surface area contributed by atoms with Gasteiger partial charge < -0.3 is 15.4 Å². The van der Waals surface area contributed by atoms with Crippen LogP contribution in [0.15, 0.2) is 12.4 Å². The van der Waals surface area contributed by atoms with Crippen LogP contribution in [-0.4, -0.2) is 41.7 Å². The monoisotopic (exact) mass is 264 g/mol. The minimum atomic E-state index is -0.309. The van der Waals surface area contributed by atoms with Gasteiger partial charge in [-0.15, -0.1) is 0 Å². The summed E-state index contributed by atoms with van der Waals surface area (Å²) in [6, 6.07) is -0.309. The highest BCUT2D eigenvalue weighted by atomic mass is 16.5. The van der Waals surface area contributed by atoms with Crippen molar-refractivity contribution >= 4 is 11.6 Å². The zero-order chi connectivity index (χ0) is 13.9. The molecule has 6 heteroatoms. The number of anilines is 1. The summed E-state index contributed by atoms with van der Waals surface area (Å²) in [6.07, 6.45) is 3.27. The maximum absolute atomic E-state index is 11.9. The molecule has 2 rings (SSSR count). The fourth-order valence-corrected chi connectivity index (χ4v) is 1.74. The molecular weight excluding hydrogens is 244 g/mol. The Kier molecular flexibility index (Phi) is 4.11. The Morgan fingerprint density at radius 1 is 1.42 bits per heavy atom. The van der Waals surface area contributed by atoms with Crippen molar-refractivity contribution in [1.82, 2.24) is 15.3 Å². The molecule has 1 saturated heterocycles. The van der Waals surface area contributed by atoms with Crippen LogP contribution in [0.3, 0.4) is 0 Å². The fraction of sp³-hybridized carbons (Fsp3) is 0.615. The van der Waals surface area contributed by atoms with Crippen LogP contribution in [0, 0.1) is 0 Å². The van der Waals surface area contributed by atoms with Crippen molar-refractivity contribution in [2.24, 2.45) is 0 Å². The highest BCUT2D eigenvalue weighted by molar-refractivity contribution is 5.94. The van der Waals surface area contributed by atoms with Crippen molar-refractivity contribution in [2.45, 2.75) is 32.2 Å². The molecule has 0 aliphatic carbocycles. The van der Waals surface area contributed by atoms with Gasteiger partial charge >= 0.3 is 0 Å². The molecule has 2 heterocycles. The summed E-state index contributed by atoms with van der Waals surface area (Å²) >= 11 is 0. The van der Waals surface area contributed by atoms with Gasteiger partial charge in [0.1, 0.15) is 11.9 Å². The average Bonchev–Trinajstić information content (AvgIpc) is 2.39. The number of amides is 1. The number of hydrogen-bond acceptors (Lipinski definition) is 5. The topological polar surface area (TPSA) is 76.1 Å². The van der Waals surface area contributed by atoms with Gasteiger partial charge in [0.25, 0.3) is 0 Å². The standard InChI is InChI=1S/C13H20N4O2/c1-13(2,3)12-15-6-9(7-16-12)17-11(18)10-8-19-5-4-14-10/h6-7,10,14H,4-5,8H2,1-3H3,(H,17,18). The number of carbonyl (C=O) groups excluding carboxylic acids is 1. The van der Waals surface area contributed by atoms with E-state index in [0.717, 1.165) is 5.82 Å². The molecule has 1 aliphatic heterocycles. The molecule has 0 spiro atoms. The number of morpholine rings is 1. The molecule has 1 aliphatic rings. The minimum Gasteiger partial charge on any atom is -0.378 e. The van der Waals surface area contributed by atoms with Crippen molar-refractivity contribution < 1.29 is 9.53 Å². The molecule has 0 aromatic carbocycles. The van der Waals surface area contributed by atoms with Crippen LogP contribution < -0.4 is 10.6 Å². The summed E-state index contributed by atoms with van der Waals surface area (Å²) in [5.41, 5.74) is 0.506. The number of rotatable bonds is 2. The van der Waals surface area contributed by atoms with Gasteiger partial charge in [-0.05, 0) is 0 Å². The molecule has 19 heavy (non-hydrogen) atoms. The third-order valence-corrected chi connectivity index (χ3v) is 2.83. The molecule has 104 valence electrons. The van der Waals surface area contributed by atoms with Crippen LogP contribution in [0.1, 0.15) is 26.6 Å². The third-order valence-electron chi connectivity index (χ3n) is 2.83. The Morgan fingerprint density at radius 2 is 2.11 bits per heavy atom. The van der Waals surface area contributed by atoms with E-state index in [-0.39, 0.29) is 17.4 Å². The van der Waals surface area contributed by atoms with E-state index in [9.17, 15) is 4.79 Å². The van der Waals surface area contributed by atoms with Crippen molar-refractivity contribution in [3.05, 3.63) is 18.2 Å². The van der Waals surface area contributed by atoms with Gasteiger partial charge in [-0.2, -0.15) is 0 Å². The maximum Gasteiger partial charge on any atom is 0.243 e. The fourth-order valence-electron chi connectivity index (χ4n) is 1.74. The second-order valence-corrected chi connectivity index (χ2v) is 5.62. The lowest BCUT2D eigenvalue weighted by atomic mass is 9.96. The Morgan fingerprint density at radius 3 is 2.63 bits per heavy atom. The minimum absolute atomic E-state index is 0.0959. The maximum atomic E-state index is 11.9. The molecule has 1 fully saturated rings. The van der Waals surface area contributed by atoms with Crippen molar-refractivity contribution in [3.63, 3.8) is 0 Å². The molecule has 1 atom stereocenters.